The van der Waals surface area contributed by atoms with Crippen molar-refractivity contribution in [1.29, 1.82) is 0 Å². The number of aliphatic hydroxyl groups excluding tert-OH is 1. The van der Waals surface area contributed by atoms with Crippen LogP contribution in [0.25, 0.3) is 0 Å². The van der Waals surface area contributed by atoms with E-state index >= 15 is 0 Å². The second kappa shape index (κ2) is 27.1. The Morgan fingerprint density at radius 1 is 0.778 bits per heavy atom. The lowest BCUT2D eigenvalue weighted by atomic mass is 9.95. The van der Waals surface area contributed by atoms with Gasteiger partial charge in [0.25, 0.3) is 0 Å². The SMILES string of the molecule is CCCCCC(C)CC(CCC)OC(=O)CCCCCCCN(CCO)CCCCCCCCC=O. The summed E-state index contributed by atoms with van der Waals surface area (Å²) >= 11 is 0. The van der Waals surface area contributed by atoms with Gasteiger partial charge in [-0.1, -0.05) is 97.8 Å². The number of aldehydes is 1. The number of hydrogen-bond donors (Lipinski definition) is 1. The van der Waals surface area contributed by atoms with Gasteiger partial charge in [-0.15, -0.1) is 0 Å². The number of aliphatic hydroxyl groups is 1. The van der Waals surface area contributed by atoms with Gasteiger partial charge in [-0.3, -0.25) is 4.79 Å². The molecular formula is C31H61NO4. The van der Waals surface area contributed by atoms with Crippen LogP contribution in [-0.4, -0.2) is 54.6 Å². The Morgan fingerprint density at radius 2 is 1.39 bits per heavy atom. The van der Waals surface area contributed by atoms with Crippen LogP contribution in [0.4, 0.5) is 0 Å². The van der Waals surface area contributed by atoms with Crippen molar-refractivity contribution in [3.05, 3.63) is 0 Å². The van der Waals surface area contributed by atoms with Crippen molar-refractivity contribution < 1.29 is 19.4 Å². The molecular weight excluding hydrogens is 450 g/mol. The molecule has 0 amide bonds. The zero-order chi connectivity index (χ0) is 26.7. The van der Waals surface area contributed by atoms with Crippen LogP contribution in [0.3, 0.4) is 0 Å². The van der Waals surface area contributed by atoms with E-state index in [0.717, 1.165) is 83.7 Å². The van der Waals surface area contributed by atoms with Gasteiger partial charge in [0.05, 0.1) is 6.61 Å². The molecule has 0 aromatic carbocycles. The maximum atomic E-state index is 12.4. The number of nitrogens with zero attached hydrogens (tertiary/aromatic N) is 1. The van der Waals surface area contributed by atoms with Crippen LogP contribution in [-0.2, 0) is 14.3 Å². The predicted octanol–water partition coefficient (Wildman–Crippen LogP) is 7.87. The number of esters is 1. The fourth-order valence-electron chi connectivity index (χ4n) is 4.98. The Kier molecular flexibility index (Phi) is 26.4. The van der Waals surface area contributed by atoms with E-state index in [1.54, 1.807) is 0 Å². The van der Waals surface area contributed by atoms with Gasteiger partial charge in [0.15, 0.2) is 0 Å². The molecule has 0 bridgehead atoms. The third-order valence-electron chi connectivity index (χ3n) is 7.19. The lowest BCUT2D eigenvalue weighted by molar-refractivity contribution is -0.150. The summed E-state index contributed by atoms with van der Waals surface area (Å²) in [6.07, 6.45) is 23.1. The first-order valence-electron chi connectivity index (χ1n) is 15.5. The predicted molar refractivity (Wildman–Crippen MR) is 152 cm³/mol. The molecule has 0 aliphatic heterocycles. The minimum Gasteiger partial charge on any atom is -0.462 e. The van der Waals surface area contributed by atoms with Crippen LogP contribution in [0.2, 0.25) is 0 Å². The molecule has 5 heteroatoms. The quantitative estimate of drug-likeness (QED) is 0.0657. The third-order valence-corrected chi connectivity index (χ3v) is 7.19. The summed E-state index contributed by atoms with van der Waals surface area (Å²) in [4.78, 5) is 25.1. The van der Waals surface area contributed by atoms with E-state index in [4.69, 9.17) is 4.74 Å². The van der Waals surface area contributed by atoms with Gasteiger partial charge in [-0.25, -0.2) is 0 Å². The fourth-order valence-corrected chi connectivity index (χ4v) is 4.98. The molecule has 1 N–H and O–H groups in total. The summed E-state index contributed by atoms with van der Waals surface area (Å²) in [6.45, 7) is 9.82. The largest absolute Gasteiger partial charge is 0.462 e. The lowest BCUT2D eigenvalue weighted by Crippen LogP contribution is -2.29. The van der Waals surface area contributed by atoms with E-state index in [1.165, 1.54) is 57.8 Å². The molecule has 0 aliphatic rings. The van der Waals surface area contributed by atoms with Crippen LogP contribution in [0.15, 0.2) is 0 Å². The maximum absolute atomic E-state index is 12.4. The highest BCUT2D eigenvalue weighted by Gasteiger charge is 2.17. The first kappa shape index (κ1) is 35.1. The zero-order valence-electron chi connectivity index (χ0n) is 24.3. The van der Waals surface area contributed by atoms with Crippen molar-refractivity contribution >= 4 is 12.3 Å². The van der Waals surface area contributed by atoms with Crippen molar-refractivity contribution in [2.75, 3.05) is 26.2 Å². The lowest BCUT2D eigenvalue weighted by Gasteiger charge is -2.21. The first-order valence-corrected chi connectivity index (χ1v) is 15.5. The number of rotatable bonds is 28. The summed E-state index contributed by atoms with van der Waals surface area (Å²) in [5.41, 5.74) is 0. The Labute approximate surface area is 224 Å². The molecule has 2 atom stereocenters. The summed E-state index contributed by atoms with van der Waals surface area (Å²) in [5, 5.41) is 9.36. The van der Waals surface area contributed by atoms with Gasteiger partial charge in [-0.2, -0.15) is 0 Å². The molecule has 0 radical (unpaired) electrons. The molecule has 0 fully saturated rings. The summed E-state index contributed by atoms with van der Waals surface area (Å²) in [7, 11) is 0. The average Bonchev–Trinajstić information content (AvgIpc) is 2.85. The third kappa shape index (κ3) is 23.5. The smallest absolute Gasteiger partial charge is 0.306 e. The number of unbranched alkanes of at least 4 members (excludes halogenated alkanes) is 12. The van der Waals surface area contributed by atoms with Gasteiger partial charge in [0, 0.05) is 19.4 Å². The highest BCUT2D eigenvalue weighted by atomic mass is 16.5. The standard InChI is InChI=1S/C31H61NO4/c1-4-6-15-21-29(3)28-30(20-5-2)36-31(35)22-16-11-10-13-18-24-32(25-27-34)23-17-12-8-7-9-14-19-26-33/h26,29-30,34H,4-25,27-28H2,1-3H3. The van der Waals surface area contributed by atoms with Crippen molar-refractivity contribution in [3.63, 3.8) is 0 Å². The van der Waals surface area contributed by atoms with E-state index in [1.807, 2.05) is 0 Å². The highest BCUT2D eigenvalue weighted by molar-refractivity contribution is 5.69. The molecule has 0 aromatic rings. The van der Waals surface area contributed by atoms with E-state index < -0.39 is 0 Å². The molecule has 5 nitrogen and oxygen atoms in total. The maximum Gasteiger partial charge on any atom is 0.306 e. The van der Waals surface area contributed by atoms with Gasteiger partial charge in [0.2, 0.25) is 0 Å². The molecule has 0 saturated heterocycles. The van der Waals surface area contributed by atoms with E-state index in [9.17, 15) is 14.7 Å². The van der Waals surface area contributed by atoms with Gasteiger partial charge in [-0.05, 0) is 57.5 Å². The van der Waals surface area contributed by atoms with Crippen LogP contribution >= 0.6 is 0 Å². The second-order valence-corrected chi connectivity index (χ2v) is 10.9. The summed E-state index contributed by atoms with van der Waals surface area (Å²) in [5.74, 6) is 0.623. The monoisotopic (exact) mass is 511 g/mol. The second-order valence-electron chi connectivity index (χ2n) is 10.9. The van der Waals surface area contributed by atoms with E-state index in [2.05, 4.69) is 25.7 Å². The van der Waals surface area contributed by atoms with Gasteiger partial charge in [0.1, 0.15) is 12.4 Å². The van der Waals surface area contributed by atoms with Gasteiger partial charge < -0.3 is 19.5 Å². The molecule has 0 aromatic heterocycles. The van der Waals surface area contributed by atoms with Crippen molar-refractivity contribution in [3.8, 4) is 0 Å². The summed E-state index contributed by atoms with van der Waals surface area (Å²) in [6, 6.07) is 0. The topological polar surface area (TPSA) is 66.8 Å². The van der Waals surface area contributed by atoms with Crippen LogP contribution in [0.5, 0.6) is 0 Å². The average molecular weight is 512 g/mol. The molecule has 2 unspecified atom stereocenters. The Bertz CT molecular complexity index is 485. The van der Waals surface area contributed by atoms with Gasteiger partial charge >= 0.3 is 5.97 Å². The molecule has 0 rings (SSSR count). The van der Waals surface area contributed by atoms with E-state index in [-0.39, 0.29) is 18.7 Å². The zero-order valence-corrected chi connectivity index (χ0v) is 24.3. The Hall–Kier alpha value is -0.940. The molecule has 36 heavy (non-hydrogen) atoms. The Morgan fingerprint density at radius 3 is 1.97 bits per heavy atom. The summed E-state index contributed by atoms with van der Waals surface area (Å²) < 4.78 is 5.85. The molecule has 0 saturated carbocycles. The normalized spacial score (nSPS) is 13.1. The van der Waals surface area contributed by atoms with Crippen LogP contribution < -0.4 is 0 Å². The van der Waals surface area contributed by atoms with Crippen LogP contribution in [0.1, 0.15) is 149 Å². The molecule has 0 heterocycles. The van der Waals surface area contributed by atoms with E-state index in [0.29, 0.717) is 18.8 Å². The van der Waals surface area contributed by atoms with Crippen LogP contribution in [0, 0.1) is 5.92 Å². The number of ether oxygens (including phenoxy) is 1. The number of hydrogen-bond acceptors (Lipinski definition) is 5. The Balaban J connectivity index is 3.86. The molecule has 0 aliphatic carbocycles. The number of carbonyl (C=O) groups excluding carboxylic acids is 2. The number of carbonyl (C=O) groups is 2. The first-order chi connectivity index (χ1) is 17.6. The minimum atomic E-state index is -0.00734. The van der Waals surface area contributed by atoms with Crippen molar-refractivity contribution in [2.24, 2.45) is 5.92 Å². The molecule has 214 valence electrons. The van der Waals surface area contributed by atoms with Crippen molar-refractivity contribution in [2.45, 2.75) is 155 Å². The highest BCUT2D eigenvalue weighted by Crippen LogP contribution is 2.20. The molecule has 0 spiro atoms. The minimum absolute atomic E-state index is 0.00734. The fraction of sp³-hybridized carbons (Fsp3) is 0.935. The van der Waals surface area contributed by atoms with Crippen molar-refractivity contribution in [1.82, 2.24) is 4.90 Å².